The molecule has 1 aliphatic heterocycles. The summed E-state index contributed by atoms with van der Waals surface area (Å²) in [7, 11) is -3.36. The number of hydrogen-bond acceptors (Lipinski definition) is 3. The van der Waals surface area contributed by atoms with Crippen LogP contribution in [-0.2, 0) is 16.4 Å². The Morgan fingerprint density at radius 2 is 2.10 bits per heavy atom. The summed E-state index contributed by atoms with van der Waals surface area (Å²) in [6.07, 6.45) is 6.30. The van der Waals surface area contributed by atoms with Crippen molar-refractivity contribution in [2.75, 3.05) is 18.4 Å². The molecule has 0 saturated heterocycles. The van der Waals surface area contributed by atoms with Crippen molar-refractivity contribution >= 4 is 15.7 Å². The predicted molar refractivity (Wildman–Crippen MR) is 82.6 cm³/mol. The predicted octanol–water partition coefficient (Wildman–Crippen LogP) is 2.90. The van der Waals surface area contributed by atoms with Crippen LogP contribution in [-0.4, -0.2) is 21.5 Å². The van der Waals surface area contributed by atoms with Crippen LogP contribution in [0.1, 0.15) is 44.6 Å². The van der Waals surface area contributed by atoms with Crippen molar-refractivity contribution in [3.05, 3.63) is 23.8 Å². The fourth-order valence-corrected chi connectivity index (χ4v) is 3.58. The largest absolute Gasteiger partial charge is 0.385 e. The van der Waals surface area contributed by atoms with Gasteiger partial charge in [0.25, 0.3) is 0 Å². The van der Waals surface area contributed by atoms with E-state index < -0.39 is 10.0 Å². The van der Waals surface area contributed by atoms with E-state index in [2.05, 4.69) is 17.0 Å². The summed E-state index contributed by atoms with van der Waals surface area (Å²) in [5, 5.41) is 3.29. The molecule has 0 aromatic heterocycles. The first-order valence-electron chi connectivity index (χ1n) is 7.50. The molecule has 0 bridgehead atoms. The second kappa shape index (κ2) is 7.09. The third-order valence-corrected chi connectivity index (χ3v) is 5.11. The van der Waals surface area contributed by atoms with Crippen LogP contribution in [0.15, 0.2) is 23.1 Å². The molecular formula is C15H24N2O2S. The van der Waals surface area contributed by atoms with Gasteiger partial charge in [-0.15, -0.1) is 0 Å². The first kappa shape index (κ1) is 15.3. The number of aryl methyl sites for hydroxylation is 1. The van der Waals surface area contributed by atoms with Crippen LogP contribution >= 0.6 is 0 Å². The molecule has 2 N–H and O–H groups in total. The van der Waals surface area contributed by atoms with Crippen LogP contribution < -0.4 is 10.0 Å². The number of anilines is 1. The summed E-state index contributed by atoms with van der Waals surface area (Å²) >= 11 is 0. The highest BCUT2D eigenvalue weighted by molar-refractivity contribution is 7.89. The summed E-state index contributed by atoms with van der Waals surface area (Å²) in [6, 6.07) is 5.36. The average molecular weight is 296 g/mol. The Labute approximate surface area is 122 Å². The van der Waals surface area contributed by atoms with Gasteiger partial charge >= 0.3 is 0 Å². The molecule has 1 heterocycles. The molecule has 1 aromatic rings. The summed E-state index contributed by atoms with van der Waals surface area (Å²) in [5.41, 5.74) is 2.17. The molecule has 20 heavy (non-hydrogen) atoms. The standard InChI is InChI=1S/C15H24N2O2S/c1-2-3-4-5-11-17-20(18,19)14-8-9-15-13(12-14)7-6-10-16-15/h8-9,12,16-17H,2-7,10-11H2,1H3. The van der Waals surface area contributed by atoms with E-state index in [1.807, 2.05) is 6.07 Å². The lowest BCUT2D eigenvalue weighted by molar-refractivity contribution is 0.573. The number of benzene rings is 1. The fourth-order valence-electron chi connectivity index (χ4n) is 2.46. The molecule has 4 nitrogen and oxygen atoms in total. The molecule has 0 fully saturated rings. The van der Waals surface area contributed by atoms with Crippen molar-refractivity contribution in [1.82, 2.24) is 4.72 Å². The maximum Gasteiger partial charge on any atom is 0.240 e. The zero-order valence-corrected chi connectivity index (χ0v) is 12.9. The van der Waals surface area contributed by atoms with Gasteiger partial charge in [0.05, 0.1) is 4.90 Å². The fraction of sp³-hybridized carbons (Fsp3) is 0.600. The highest BCUT2D eigenvalue weighted by Gasteiger charge is 2.16. The summed E-state index contributed by atoms with van der Waals surface area (Å²) in [4.78, 5) is 0.385. The third-order valence-electron chi connectivity index (χ3n) is 3.65. The third kappa shape index (κ3) is 3.96. The second-order valence-corrected chi connectivity index (χ2v) is 7.07. The smallest absolute Gasteiger partial charge is 0.240 e. The lowest BCUT2D eigenvalue weighted by Gasteiger charge is -2.18. The molecule has 0 unspecified atom stereocenters. The van der Waals surface area contributed by atoms with Crippen molar-refractivity contribution in [3.8, 4) is 0 Å². The van der Waals surface area contributed by atoms with E-state index >= 15 is 0 Å². The Hall–Kier alpha value is -1.07. The molecule has 1 aliphatic rings. The number of sulfonamides is 1. The second-order valence-electron chi connectivity index (χ2n) is 5.31. The molecule has 0 atom stereocenters. The van der Waals surface area contributed by atoms with E-state index in [4.69, 9.17) is 0 Å². The van der Waals surface area contributed by atoms with Gasteiger partial charge in [-0.2, -0.15) is 0 Å². The number of hydrogen-bond donors (Lipinski definition) is 2. The molecule has 0 saturated carbocycles. The van der Waals surface area contributed by atoms with Gasteiger partial charge in [0, 0.05) is 18.8 Å². The number of rotatable bonds is 7. The van der Waals surface area contributed by atoms with Gasteiger partial charge in [0.1, 0.15) is 0 Å². The molecule has 0 aliphatic carbocycles. The summed E-state index contributed by atoms with van der Waals surface area (Å²) < 4.78 is 27.1. The van der Waals surface area contributed by atoms with Gasteiger partial charge < -0.3 is 5.32 Å². The highest BCUT2D eigenvalue weighted by atomic mass is 32.2. The van der Waals surface area contributed by atoms with E-state index in [0.29, 0.717) is 11.4 Å². The van der Waals surface area contributed by atoms with E-state index in [-0.39, 0.29) is 0 Å². The Bertz CT molecular complexity index is 541. The Morgan fingerprint density at radius 3 is 2.90 bits per heavy atom. The van der Waals surface area contributed by atoms with Gasteiger partial charge in [-0.25, -0.2) is 13.1 Å². The maximum absolute atomic E-state index is 12.2. The lowest BCUT2D eigenvalue weighted by atomic mass is 10.0. The number of nitrogens with one attached hydrogen (secondary N) is 2. The quantitative estimate of drug-likeness (QED) is 0.761. The minimum Gasteiger partial charge on any atom is -0.385 e. The van der Waals surface area contributed by atoms with E-state index in [1.165, 1.54) is 0 Å². The normalized spacial score (nSPS) is 14.7. The number of unbranched alkanes of at least 4 members (excludes halogenated alkanes) is 3. The van der Waals surface area contributed by atoms with Crippen LogP contribution in [0.2, 0.25) is 0 Å². The van der Waals surface area contributed by atoms with Crippen molar-refractivity contribution < 1.29 is 8.42 Å². The number of fused-ring (bicyclic) bond motifs is 1. The monoisotopic (exact) mass is 296 g/mol. The minimum absolute atomic E-state index is 0.385. The van der Waals surface area contributed by atoms with E-state index in [9.17, 15) is 8.42 Å². The van der Waals surface area contributed by atoms with Gasteiger partial charge in [0.15, 0.2) is 0 Å². The Morgan fingerprint density at radius 1 is 1.25 bits per heavy atom. The van der Waals surface area contributed by atoms with Gasteiger partial charge in [-0.3, -0.25) is 0 Å². The molecule has 0 amide bonds. The summed E-state index contributed by atoms with van der Waals surface area (Å²) in [5.74, 6) is 0. The van der Waals surface area contributed by atoms with Crippen molar-refractivity contribution in [2.45, 2.75) is 50.3 Å². The molecule has 5 heteroatoms. The van der Waals surface area contributed by atoms with Crippen LogP contribution in [0, 0.1) is 0 Å². The SMILES string of the molecule is CCCCCCNS(=O)(=O)c1ccc2c(c1)CCCN2. The molecular weight excluding hydrogens is 272 g/mol. The van der Waals surface area contributed by atoms with Crippen molar-refractivity contribution in [1.29, 1.82) is 0 Å². The Kier molecular flexibility index (Phi) is 5.43. The molecule has 0 spiro atoms. The summed E-state index contributed by atoms with van der Waals surface area (Å²) in [6.45, 7) is 3.64. The van der Waals surface area contributed by atoms with Gasteiger partial charge in [0.2, 0.25) is 10.0 Å². The zero-order chi connectivity index (χ0) is 14.4. The first-order valence-corrected chi connectivity index (χ1v) is 8.98. The van der Waals surface area contributed by atoms with Crippen LogP contribution in [0.25, 0.3) is 0 Å². The zero-order valence-electron chi connectivity index (χ0n) is 12.1. The Balaban J connectivity index is 1.98. The van der Waals surface area contributed by atoms with Gasteiger partial charge in [-0.1, -0.05) is 26.2 Å². The van der Waals surface area contributed by atoms with Crippen LogP contribution in [0.4, 0.5) is 5.69 Å². The van der Waals surface area contributed by atoms with E-state index in [1.54, 1.807) is 12.1 Å². The minimum atomic E-state index is -3.36. The molecule has 0 radical (unpaired) electrons. The topological polar surface area (TPSA) is 58.2 Å². The average Bonchev–Trinajstić information content (AvgIpc) is 2.46. The lowest BCUT2D eigenvalue weighted by Crippen LogP contribution is -2.25. The van der Waals surface area contributed by atoms with Crippen molar-refractivity contribution in [2.24, 2.45) is 0 Å². The van der Waals surface area contributed by atoms with E-state index in [0.717, 1.165) is 56.3 Å². The molecule has 1 aromatic carbocycles. The highest BCUT2D eigenvalue weighted by Crippen LogP contribution is 2.24. The molecule has 2 rings (SSSR count). The first-order chi connectivity index (χ1) is 9.63. The van der Waals surface area contributed by atoms with Crippen molar-refractivity contribution in [3.63, 3.8) is 0 Å². The van der Waals surface area contributed by atoms with Gasteiger partial charge in [-0.05, 0) is 43.0 Å². The molecule has 112 valence electrons. The van der Waals surface area contributed by atoms with Crippen LogP contribution in [0.3, 0.4) is 0 Å². The maximum atomic E-state index is 12.2. The van der Waals surface area contributed by atoms with Crippen LogP contribution in [0.5, 0.6) is 0 Å².